The van der Waals surface area contributed by atoms with Gasteiger partial charge >= 0.3 is 0 Å². The number of amides is 1. The van der Waals surface area contributed by atoms with Gasteiger partial charge in [0.1, 0.15) is 5.82 Å². The zero-order valence-electron chi connectivity index (χ0n) is 9.20. The van der Waals surface area contributed by atoms with E-state index >= 15 is 0 Å². The van der Waals surface area contributed by atoms with Crippen molar-refractivity contribution in [2.24, 2.45) is 5.73 Å². The van der Waals surface area contributed by atoms with Gasteiger partial charge in [0.25, 0.3) is 5.91 Å². The Morgan fingerprint density at radius 1 is 1.35 bits per heavy atom. The van der Waals surface area contributed by atoms with E-state index in [0.717, 1.165) is 0 Å². The maximum atomic E-state index is 13.4. The first-order valence-electron chi connectivity index (χ1n) is 5.49. The summed E-state index contributed by atoms with van der Waals surface area (Å²) in [5, 5.41) is 2.51. The molecule has 1 heterocycles. The Morgan fingerprint density at radius 2 is 2.12 bits per heavy atom. The molecule has 1 aliphatic heterocycles. The fourth-order valence-corrected chi connectivity index (χ4v) is 1.97. The number of nitrogens with two attached hydrogens (primary N) is 1. The lowest BCUT2D eigenvalue weighted by atomic mass is 9.91. The predicted octanol–water partition coefficient (Wildman–Crippen LogP) is 0.859. The summed E-state index contributed by atoms with van der Waals surface area (Å²) < 4.78 is 13.4. The van der Waals surface area contributed by atoms with Crippen LogP contribution < -0.4 is 11.1 Å². The van der Waals surface area contributed by atoms with Crippen molar-refractivity contribution < 1.29 is 14.0 Å². The number of carbonyl (C=O) groups is 2. The van der Waals surface area contributed by atoms with Gasteiger partial charge in [-0.3, -0.25) is 9.59 Å². The fourth-order valence-electron chi connectivity index (χ4n) is 1.97. The number of Topliss-reactive ketones (excluding diaryl/α,β-unsaturated/α-hetero) is 1. The highest BCUT2D eigenvalue weighted by Crippen LogP contribution is 2.21. The SMILES string of the molecule is NCCC[C@@H]1NC(=O)c2c(F)cccc2C1=O. The maximum Gasteiger partial charge on any atom is 0.255 e. The molecule has 1 atom stereocenters. The first kappa shape index (κ1) is 11.7. The maximum absolute atomic E-state index is 13.4. The van der Waals surface area contributed by atoms with Crippen LogP contribution in [0.2, 0.25) is 0 Å². The second-order valence-corrected chi connectivity index (χ2v) is 3.98. The zero-order chi connectivity index (χ0) is 12.4. The molecule has 0 saturated carbocycles. The van der Waals surface area contributed by atoms with Gasteiger partial charge in [-0.2, -0.15) is 0 Å². The fraction of sp³-hybridized carbons (Fsp3) is 0.333. The average Bonchev–Trinajstić information content (AvgIpc) is 2.31. The van der Waals surface area contributed by atoms with Gasteiger partial charge in [0.2, 0.25) is 0 Å². The molecule has 4 nitrogen and oxygen atoms in total. The van der Waals surface area contributed by atoms with Crippen molar-refractivity contribution >= 4 is 11.7 Å². The van der Waals surface area contributed by atoms with Gasteiger partial charge < -0.3 is 11.1 Å². The third-order valence-electron chi connectivity index (χ3n) is 2.82. The second kappa shape index (κ2) is 4.63. The smallest absolute Gasteiger partial charge is 0.255 e. The molecule has 0 aromatic heterocycles. The third-order valence-corrected chi connectivity index (χ3v) is 2.82. The lowest BCUT2D eigenvalue weighted by molar-refractivity contribution is 0.0818. The third kappa shape index (κ3) is 2.06. The predicted molar refractivity (Wildman–Crippen MR) is 60.3 cm³/mol. The average molecular weight is 236 g/mol. The number of carbonyl (C=O) groups excluding carboxylic acids is 2. The summed E-state index contributed by atoms with van der Waals surface area (Å²) in [4.78, 5) is 23.7. The van der Waals surface area contributed by atoms with Crippen LogP contribution in [0, 0.1) is 5.82 Å². The number of fused-ring (bicyclic) bond motifs is 1. The standard InChI is InChI=1S/C12H13FN2O2/c13-8-4-1-3-7-10(8)12(17)15-9(11(7)16)5-2-6-14/h1,3-4,9H,2,5-6,14H2,(H,15,17)/t9-/m0/s1. The van der Waals surface area contributed by atoms with E-state index in [1.54, 1.807) is 0 Å². The van der Waals surface area contributed by atoms with Crippen LogP contribution in [0.5, 0.6) is 0 Å². The molecule has 2 rings (SSSR count). The van der Waals surface area contributed by atoms with Crippen LogP contribution in [0.3, 0.4) is 0 Å². The topological polar surface area (TPSA) is 72.2 Å². The molecule has 90 valence electrons. The Labute approximate surface area is 98.0 Å². The van der Waals surface area contributed by atoms with Gasteiger partial charge in [0.05, 0.1) is 11.6 Å². The summed E-state index contributed by atoms with van der Waals surface area (Å²) in [5.74, 6) is -1.43. The summed E-state index contributed by atoms with van der Waals surface area (Å²) in [5.41, 5.74) is 5.37. The highest BCUT2D eigenvalue weighted by molar-refractivity contribution is 6.15. The Kier molecular flexibility index (Phi) is 3.19. The number of rotatable bonds is 3. The quantitative estimate of drug-likeness (QED) is 0.817. The molecule has 0 spiro atoms. The van der Waals surface area contributed by atoms with Crippen LogP contribution >= 0.6 is 0 Å². The number of ketones is 1. The van der Waals surface area contributed by atoms with Crippen LogP contribution in [0.4, 0.5) is 4.39 Å². The number of halogens is 1. The molecule has 5 heteroatoms. The molecule has 0 saturated heterocycles. The number of hydrogen-bond acceptors (Lipinski definition) is 3. The van der Waals surface area contributed by atoms with E-state index in [1.807, 2.05) is 0 Å². The Morgan fingerprint density at radius 3 is 2.82 bits per heavy atom. The van der Waals surface area contributed by atoms with Crippen LogP contribution in [0.1, 0.15) is 33.6 Å². The normalized spacial score (nSPS) is 18.8. The minimum absolute atomic E-state index is 0.151. The van der Waals surface area contributed by atoms with Crippen molar-refractivity contribution in [3.05, 3.63) is 35.1 Å². The van der Waals surface area contributed by atoms with E-state index in [2.05, 4.69) is 5.32 Å². The summed E-state index contributed by atoms with van der Waals surface area (Å²) in [6.45, 7) is 0.454. The molecule has 0 bridgehead atoms. The summed E-state index contributed by atoms with van der Waals surface area (Å²) in [6.07, 6.45) is 1.12. The monoisotopic (exact) mass is 236 g/mol. The highest BCUT2D eigenvalue weighted by Gasteiger charge is 2.33. The molecule has 0 fully saturated rings. The number of nitrogens with one attached hydrogen (secondary N) is 1. The number of hydrogen-bond donors (Lipinski definition) is 2. The lowest BCUT2D eigenvalue weighted by Crippen LogP contribution is -2.46. The molecule has 1 aliphatic rings. The molecule has 0 unspecified atom stereocenters. The van der Waals surface area contributed by atoms with Crippen molar-refractivity contribution in [3.8, 4) is 0 Å². The van der Waals surface area contributed by atoms with E-state index in [4.69, 9.17) is 5.73 Å². The van der Waals surface area contributed by atoms with Gasteiger partial charge in [-0.05, 0) is 25.5 Å². The zero-order valence-corrected chi connectivity index (χ0v) is 9.20. The summed E-state index contributed by atoms with van der Waals surface area (Å²) >= 11 is 0. The van der Waals surface area contributed by atoms with E-state index in [9.17, 15) is 14.0 Å². The molecule has 0 aliphatic carbocycles. The van der Waals surface area contributed by atoms with Gasteiger partial charge in [-0.1, -0.05) is 12.1 Å². The molecule has 1 amide bonds. The molecule has 3 N–H and O–H groups in total. The molecular formula is C12H13FN2O2. The second-order valence-electron chi connectivity index (χ2n) is 3.98. The van der Waals surface area contributed by atoms with Crippen molar-refractivity contribution in [1.29, 1.82) is 0 Å². The van der Waals surface area contributed by atoms with Gasteiger partial charge in [0, 0.05) is 5.56 Å². The minimum atomic E-state index is -0.661. The lowest BCUT2D eigenvalue weighted by Gasteiger charge is -2.24. The number of benzene rings is 1. The Bertz CT molecular complexity index is 474. The van der Waals surface area contributed by atoms with Crippen LogP contribution in [-0.2, 0) is 0 Å². The largest absolute Gasteiger partial charge is 0.342 e. The van der Waals surface area contributed by atoms with Gasteiger partial charge in [-0.15, -0.1) is 0 Å². The van der Waals surface area contributed by atoms with Crippen molar-refractivity contribution in [1.82, 2.24) is 5.32 Å². The Hall–Kier alpha value is -1.75. The minimum Gasteiger partial charge on any atom is -0.342 e. The summed E-state index contributed by atoms with van der Waals surface area (Å²) in [6, 6.07) is 3.51. The van der Waals surface area contributed by atoms with Crippen molar-refractivity contribution in [2.75, 3.05) is 6.54 Å². The van der Waals surface area contributed by atoms with Crippen molar-refractivity contribution in [2.45, 2.75) is 18.9 Å². The van der Waals surface area contributed by atoms with E-state index < -0.39 is 17.8 Å². The first-order chi connectivity index (χ1) is 8.15. The molecular weight excluding hydrogens is 223 g/mol. The van der Waals surface area contributed by atoms with Crippen molar-refractivity contribution in [3.63, 3.8) is 0 Å². The van der Waals surface area contributed by atoms with E-state index in [0.29, 0.717) is 19.4 Å². The molecule has 1 aromatic carbocycles. The van der Waals surface area contributed by atoms with E-state index in [-0.39, 0.29) is 16.9 Å². The van der Waals surface area contributed by atoms with Gasteiger partial charge in [0.15, 0.2) is 5.78 Å². The van der Waals surface area contributed by atoms with Gasteiger partial charge in [-0.25, -0.2) is 4.39 Å². The molecule has 0 radical (unpaired) electrons. The highest BCUT2D eigenvalue weighted by atomic mass is 19.1. The van der Waals surface area contributed by atoms with Crippen LogP contribution in [0.25, 0.3) is 0 Å². The van der Waals surface area contributed by atoms with Crippen LogP contribution in [-0.4, -0.2) is 24.3 Å². The van der Waals surface area contributed by atoms with E-state index in [1.165, 1.54) is 18.2 Å². The molecule has 17 heavy (non-hydrogen) atoms. The van der Waals surface area contributed by atoms with Crippen LogP contribution in [0.15, 0.2) is 18.2 Å². The first-order valence-corrected chi connectivity index (χ1v) is 5.49. The summed E-state index contributed by atoms with van der Waals surface area (Å²) in [7, 11) is 0. The Balaban J connectivity index is 2.35. The molecule has 1 aromatic rings.